The second kappa shape index (κ2) is 6.79. The summed E-state index contributed by atoms with van der Waals surface area (Å²) in [5.41, 5.74) is 1.77. The summed E-state index contributed by atoms with van der Waals surface area (Å²) in [5.74, 6) is -0.304. The monoisotopic (exact) mass is 293 g/mol. The standard InChI is InChI=1S/C15H19NO3S/c1-20-9-10-3-2-4-11(7-10)14(17)16-13-6-5-12(8-13)15(18)19/h2-4,7,12-13H,5-6,8-9H2,1H3,(H,16,17)(H,18,19)/t12-,13+/m1/s1. The van der Waals surface area contributed by atoms with E-state index in [1.54, 1.807) is 17.8 Å². The number of carboxylic acids is 1. The largest absolute Gasteiger partial charge is 0.481 e. The van der Waals surface area contributed by atoms with Crippen LogP contribution in [0.4, 0.5) is 0 Å². The maximum absolute atomic E-state index is 12.2. The fourth-order valence-corrected chi connectivity index (χ4v) is 3.09. The van der Waals surface area contributed by atoms with E-state index in [2.05, 4.69) is 5.32 Å². The van der Waals surface area contributed by atoms with Crippen molar-refractivity contribution in [3.63, 3.8) is 0 Å². The van der Waals surface area contributed by atoms with Gasteiger partial charge in [-0.2, -0.15) is 11.8 Å². The first kappa shape index (κ1) is 14.9. The molecule has 1 aliphatic rings. The Hall–Kier alpha value is -1.49. The van der Waals surface area contributed by atoms with Crippen molar-refractivity contribution in [3.8, 4) is 0 Å². The topological polar surface area (TPSA) is 66.4 Å². The molecule has 2 rings (SSSR count). The highest BCUT2D eigenvalue weighted by atomic mass is 32.2. The van der Waals surface area contributed by atoms with Crippen LogP contribution in [-0.2, 0) is 10.5 Å². The number of carboxylic acid groups (broad SMARTS) is 1. The molecule has 1 aliphatic carbocycles. The molecule has 0 bridgehead atoms. The summed E-state index contributed by atoms with van der Waals surface area (Å²) in [4.78, 5) is 23.1. The normalized spacial score (nSPS) is 21.6. The first-order valence-corrected chi connectivity index (χ1v) is 8.11. The molecular weight excluding hydrogens is 274 g/mol. The Labute approximate surface area is 123 Å². The summed E-state index contributed by atoms with van der Waals surface area (Å²) in [7, 11) is 0. The predicted octanol–water partition coefficient (Wildman–Crippen LogP) is 2.53. The zero-order valence-electron chi connectivity index (χ0n) is 11.5. The van der Waals surface area contributed by atoms with Gasteiger partial charge in [0.25, 0.3) is 5.91 Å². The van der Waals surface area contributed by atoms with Gasteiger partial charge in [0.05, 0.1) is 5.92 Å². The number of amides is 1. The van der Waals surface area contributed by atoms with Crippen molar-refractivity contribution in [2.24, 2.45) is 5.92 Å². The summed E-state index contributed by atoms with van der Waals surface area (Å²) in [6, 6.07) is 7.56. The number of nitrogens with one attached hydrogen (secondary N) is 1. The van der Waals surface area contributed by atoms with Crippen LogP contribution in [0.2, 0.25) is 0 Å². The van der Waals surface area contributed by atoms with Crippen molar-refractivity contribution in [2.75, 3.05) is 6.26 Å². The quantitative estimate of drug-likeness (QED) is 0.875. The zero-order valence-corrected chi connectivity index (χ0v) is 12.3. The number of benzene rings is 1. The Bertz CT molecular complexity index is 504. The Kier molecular flexibility index (Phi) is 5.06. The van der Waals surface area contributed by atoms with E-state index in [0.717, 1.165) is 17.7 Å². The lowest BCUT2D eigenvalue weighted by Gasteiger charge is -2.13. The van der Waals surface area contributed by atoms with Crippen molar-refractivity contribution in [2.45, 2.75) is 31.1 Å². The molecule has 1 saturated carbocycles. The number of carbonyl (C=O) groups is 2. The summed E-state index contributed by atoms with van der Waals surface area (Å²) in [5, 5.41) is 11.9. The molecule has 0 aromatic heterocycles. The predicted molar refractivity (Wildman–Crippen MR) is 79.9 cm³/mol. The third-order valence-corrected chi connectivity index (χ3v) is 4.24. The summed E-state index contributed by atoms with van der Waals surface area (Å²) in [6.07, 6.45) is 3.95. The molecule has 0 saturated heterocycles. The number of hydrogen-bond donors (Lipinski definition) is 2. The van der Waals surface area contributed by atoms with E-state index in [4.69, 9.17) is 5.11 Å². The molecule has 5 heteroatoms. The van der Waals surface area contributed by atoms with E-state index in [1.165, 1.54) is 0 Å². The van der Waals surface area contributed by atoms with Gasteiger partial charge in [-0.1, -0.05) is 12.1 Å². The smallest absolute Gasteiger partial charge is 0.306 e. The first-order valence-electron chi connectivity index (χ1n) is 6.71. The van der Waals surface area contributed by atoms with Gasteiger partial charge in [0.2, 0.25) is 0 Å². The number of rotatable bonds is 5. The molecule has 108 valence electrons. The maximum Gasteiger partial charge on any atom is 0.306 e. The lowest BCUT2D eigenvalue weighted by Crippen LogP contribution is -2.33. The van der Waals surface area contributed by atoms with Gasteiger partial charge in [-0.3, -0.25) is 9.59 Å². The van der Waals surface area contributed by atoms with Crippen LogP contribution >= 0.6 is 11.8 Å². The van der Waals surface area contributed by atoms with Crippen LogP contribution in [0.25, 0.3) is 0 Å². The van der Waals surface area contributed by atoms with Crippen LogP contribution in [0.5, 0.6) is 0 Å². The van der Waals surface area contributed by atoms with Gasteiger partial charge in [-0.25, -0.2) is 0 Å². The lowest BCUT2D eigenvalue weighted by molar-refractivity contribution is -0.141. The zero-order chi connectivity index (χ0) is 14.5. The average molecular weight is 293 g/mol. The number of aliphatic carboxylic acids is 1. The molecule has 0 unspecified atom stereocenters. The van der Waals surface area contributed by atoms with Crippen molar-refractivity contribution in [3.05, 3.63) is 35.4 Å². The minimum atomic E-state index is -0.760. The third-order valence-electron chi connectivity index (χ3n) is 3.62. The number of thioether (sulfide) groups is 1. The molecule has 0 heterocycles. The van der Waals surface area contributed by atoms with E-state index in [-0.39, 0.29) is 17.9 Å². The molecule has 1 fully saturated rings. The van der Waals surface area contributed by atoms with Crippen LogP contribution in [0.15, 0.2) is 24.3 Å². The molecule has 1 aromatic rings. The van der Waals surface area contributed by atoms with Gasteiger partial charge in [-0.15, -0.1) is 0 Å². The molecule has 20 heavy (non-hydrogen) atoms. The van der Waals surface area contributed by atoms with Crippen LogP contribution in [-0.4, -0.2) is 29.3 Å². The Balaban J connectivity index is 1.95. The van der Waals surface area contributed by atoms with Crippen molar-refractivity contribution in [1.82, 2.24) is 5.32 Å². The fourth-order valence-electron chi connectivity index (χ4n) is 2.57. The molecule has 2 N–H and O–H groups in total. The molecular formula is C15H19NO3S. The Morgan fingerprint density at radius 2 is 2.20 bits per heavy atom. The lowest BCUT2D eigenvalue weighted by atomic mass is 10.1. The Morgan fingerprint density at radius 3 is 2.85 bits per heavy atom. The van der Waals surface area contributed by atoms with Gasteiger partial charge in [0.1, 0.15) is 0 Å². The van der Waals surface area contributed by atoms with E-state index in [1.807, 2.05) is 24.5 Å². The minimum Gasteiger partial charge on any atom is -0.481 e. The van der Waals surface area contributed by atoms with Gasteiger partial charge < -0.3 is 10.4 Å². The average Bonchev–Trinajstić information content (AvgIpc) is 2.88. The molecule has 0 aliphatic heterocycles. The van der Waals surface area contributed by atoms with Gasteiger partial charge in [0.15, 0.2) is 0 Å². The van der Waals surface area contributed by atoms with Gasteiger partial charge >= 0.3 is 5.97 Å². The molecule has 2 atom stereocenters. The van der Waals surface area contributed by atoms with Crippen LogP contribution in [0.1, 0.15) is 35.2 Å². The Morgan fingerprint density at radius 1 is 1.40 bits per heavy atom. The molecule has 1 aromatic carbocycles. The maximum atomic E-state index is 12.2. The van der Waals surface area contributed by atoms with Gasteiger partial charge in [-0.05, 0) is 43.2 Å². The van der Waals surface area contributed by atoms with E-state index >= 15 is 0 Å². The molecule has 0 spiro atoms. The number of carbonyl (C=O) groups excluding carboxylic acids is 1. The van der Waals surface area contributed by atoms with E-state index in [0.29, 0.717) is 18.4 Å². The van der Waals surface area contributed by atoms with E-state index in [9.17, 15) is 9.59 Å². The van der Waals surface area contributed by atoms with Crippen molar-refractivity contribution < 1.29 is 14.7 Å². The second-order valence-corrected chi connectivity index (χ2v) is 6.02. The van der Waals surface area contributed by atoms with Crippen LogP contribution in [0, 0.1) is 5.92 Å². The highest BCUT2D eigenvalue weighted by molar-refractivity contribution is 7.97. The first-order chi connectivity index (χ1) is 9.60. The van der Waals surface area contributed by atoms with Crippen LogP contribution < -0.4 is 5.32 Å². The molecule has 0 radical (unpaired) electrons. The highest BCUT2D eigenvalue weighted by Crippen LogP contribution is 2.26. The highest BCUT2D eigenvalue weighted by Gasteiger charge is 2.30. The second-order valence-electron chi connectivity index (χ2n) is 5.15. The van der Waals surface area contributed by atoms with Crippen LogP contribution in [0.3, 0.4) is 0 Å². The molecule has 4 nitrogen and oxygen atoms in total. The summed E-state index contributed by atoms with van der Waals surface area (Å²) in [6.45, 7) is 0. The number of hydrogen-bond acceptors (Lipinski definition) is 3. The van der Waals surface area contributed by atoms with Crippen molar-refractivity contribution >= 4 is 23.6 Å². The molecule has 1 amide bonds. The van der Waals surface area contributed by atoms with E-state index < -0.39 is 5.97 Å². The summed E-state index contributed by atoms with van der Waals surface area (Å²) < 4.78 is 0. The third kappa shape index (κ3) is 3.76. The van der Waals surface area contributed by atoms with Gasteiger partial charge in [0, 0.05) is 17.4 Å². The minimum absolute atomic E-state index is 0.0205. The van der Waals surface area contributed by atoms with Crippen molar-refractivity contribution in [1.29, 1.82) is 0 Å². The summed E-state index contributed by atoms with van der Waals surface area (Å²) >= 11 is 1.71. The fraction of sp³-hybridized carbons (Fsp3) is 0.467. The SMILES string of the molecule is CSCc1cccc(C(=O)N[C@H]2CC[C@@H](C(=O)O)C2)c1.